The Bertz CT molecular complexity index is 928. The molecule has 0 bridgehead atoms. The number of fused-ring (bicyclic) bond motifs is 1. The van der Waals surface area contributed by atoms with Crippen LogP contribution in [0.3, 0.4) is 0 Å². The molecular formula is C19H18ClFN4O2. The Kier molecular flexibility index (Phi) is 5.05. The summed E-state index contributed by atoms with van der Waals surface area (Å²) in [6, 6.07) is 6.28. The zero-order valence-corrected chi connectivity index (χ0v) is 15.2. The summed E-state index contributed by atoms with van der Waals surface area (Å²) in [6.45, 7) is 2.24. The Balaban J connectivity index is 1.55. The van der Waals surface area contributed by atoms with Crippen molar-refractivity contribution in [2.45, 2.75) is 12.8 Å². The summed E-state index contributed by atoms with van der Waals surface area (Å²) in [5.41, 5.74) is 2.94. The molecule has 1 aromatic heterocycles. The van der Waals surface area contributed by atoms with E-state index in [1.165, 1.54) is 12.1 Å². The quantitative estimate of drug-likeness (QED) is 0.468. The van der Waals surface area contributed by atoms with E-state index >= 15 is 0 Å². The van der Waals surface area contributed by atoms with Crippen molar-refractivity contribution in [3.05, 3.63) is 58.0 Å². The van der Waals surface area contributed by atoms with Gasteiger partial charge < -0.3 is 15.3 Å². The van der Waals surface area contributed by atoms with Crippen molar-refractivity contribution in [3.8, 4) is 0 Å². The van der Waals surface area contributed by atoms with Crippen molar-refractivity contribution >= 4 is 29.0 Å². The summed E-state index contributed by atoms with van der Waals surface area (Å²) >= 11 is 5.85. The predicted molar refractivity (Wildman–Crippen MR) is 102 cm³/mol. The van der Waals surface area contributed by atoms with Crippen LogP contribution in [0.5, 0.6) is 0 Å². The molecule has 27 heavy (non-hydrogen) atoms. The second-order valence-electron chi connectivity index (χ2n) is 6.65. The molecule has 2 aromatic rings. The molecular weight excluding hydrogens is 371 g/mol. The molecule has 0 aliphatic carbocycles. The van der Waals surface area contributed by atoms with Crippen LogP contribution >= 0.6 is 11.6 Å². The number of ether oxygens (including phenoxy) is 1. The summed E-state index contributed by atoms with van der Waals surface area (Å²) < 4.78 is 18.5. The summed E-state index contributed by atoms with van der Waals surface area (Å²) in [7, 11) is 0. The first-order valence-electron chi connectivity index (χ1n) is 8.65. The fourth-order valence-corrected chi connectivity index (χ4v) is 3.35. The lowest BCUT2D eigenvalue weighted by molar-refractivity contribution is -0.0265. The van der Waals surface area contributed by atoms with Gasteiger partial charge in [-0.05, 0) is 23.8 Å². The third-order valence-electron chi connectivity index (χ3n) is 4.70. The van der Waals surface area contributed by atoms with Gasteiger partial charge in [-0.3, -0.25) is 4.99 Å². The van der Waals surface area contributed by atoms with Gasteiger partial charge in [-0.1, -0.05) is 22.8 Å². The maximum Gasteiger partial charge on any atom is 0.141 e. The molecule has 2 aliphatic heterocycles. The second kappa shape index (κ2) is 7.62. The van der Waals surface area contributed by atoms with E-state index in [-0.39, 0.29) is 5.02 Å². The van der Waals surface area contributed by atoms with Crippen molar-refractivity contribution in [1.82, 2.24) is 4.98 Å². The van der Waals surface area contributed by atoms with Crippen molar-refractivity contribution in [1.29, 1.82) is 0 Å². The minimum absolute atomic E-state index is 0.0424. The average Bonchev–Trinajstić information content (AvgIpc) is 3.04. The number of amidine groups is 1. The number of hydrogen-bond donors (Lipinski definition) is 2. The SMILES string of the molecule is O/N=C(\Cc1ccc(F)c(Cl)c1)c1ccnc2c1CC(=NCC1COC1)N2. The number of oxime groups is 1. The smallest absolute Gasteiger partial charge is 0.141 e. The molecule has 3 heterocycles. The highest BCUT2D eigenvalue weighted by molar-refractivity contribution is 6.30. The first-order chi connectivity index (χ1) is 13.1. The van der Waals surface area contributed by atoms with Crippen LogP contribution in [-0.2, 0) is 17.6 Å². The Morgan fingerprint density at radius 2 is 2.22 bits per heavy atom. The lowest BCUT2D eigenvalue weighted by Crippen LogP contribution is -2.30. The Hall–Kier alpha value is -2.51. The van der Waals surface area contributed by atoms with E-state index in [1.54, 1.807) is 12.3 Å². The number of benzene rings is 1. The van der Waals surface area contributed by atoms with Gasteiger partial charge in [0.2, 0.25) is 0 Å². The van der Waals surface area contributed by atoms with E-state index in [1.807, 2.05) is 6.07 Å². The van der Waals surface area contributed by atoms with Gasteiger partial charge in [0.25, 0.3) is 0 Å². The molecule has 1 aromatic carbocycles. The van der Waals surface area contributed by atoms with Gasteiger partial charge in [0.1, 0.15) is 17.5 Å². The Labute approximate surface area is 160 Å². The number of hydrogen-bond acceptors (Lipinski definition) is 5. The van der Waals surface area contributed by atoms with Gasteiger partial charge in [-0.25, -0.2) is 9.37 Å². The molecule has 0 unspecified atom stereocenters. The Morgan fingerprint density at radius 3 is 2.93 bits per heavy atom. The monoisotopic (exact) mass is 388 g/mol. The van der Waals surface area contributed by atoms with E-state index in [0.717, 1.165) is 48.1 Å². The number of halogens is 2. The molecule has 0 spiro atoms. The van der Waals surface area contributed by atoms with Crippen LogP contribution in [0.4, 0.5) is 10.2 Å². The molecule has 0 saturated carbocycles. The number of pyridine rings is 1. The van der Waals surface area contributed by atoms with Crippen LogP contribution in [0.2, 0.25) is 5.02 Å². The van der Waals surface area contributed by atoms with Crippen molar-refractivity contribution in [2.75, 3.05) is 25.1 Å². The highest BCUT2D eigenvalue weighted by Gasteiger charge is 2.24. The highest BCUT2D eigenvalue weighted by Crippen LogP contribution is 2.27. The van der Waals surface area contributed by atoms with Crippen LogP contribution in [0.1, 0.15) is 16.7 Å². The van der Waals surface area contributed by atoms with Gasteiger partial charge in [0.15, 0.2) is 0 Å². The first kappa shape index (κ1) is 17.9. The van der Waals surface area contributed by atoms with Crippen LogP contribution in [0.15, 0.2) is 40.6 Å². The van der Waals surface area contributed by atoms with Gasteiger partial charge in [-0.15, -0.1) is 0 Å². The third-order valence-corrected chi connectivity index (χ3v) is 4.99. The first-order valence-corrected chi connectivity index (χ1v) is 9.03. The molecule has 1 saturated heterocycles. The lowest BCUT2D eigenvalue weighted by atomic mass is 9.98. The summed E-state index contributed by atoms with van der Waals surface area (Å²) in [6.07, 6.45) is 2.57. The maximum atomic E-state index is 13.4. The fraction of sp³-hybridized carbons (Fsp3) is 0.316. The van der Waals surface area contributed by atoms with Crippen molar-refractivity contribution in [3.63, 3.8) is 0 Å². The highest BCUT2D eigenvalue weighted by atomic mass is 35.5. The molecule has 0 radical (unpaired) electrons. The van der Waals surface area contributed by atoms with E-state index in [0.29, 0.717) is 24.5 Å². The minimum Gasteiger partial charge on any atom is -0.411 e. The molecule has 140 valence electrons. The van der Waals surface area contributed by atoms with Crippen LogP contribution < -0.4 is 5.32 Å². The zero-order chi connectivity index (χ0) is 18.8. The normalized spacial score (nSPS) is 18.3. The van der Waals surface area contributed by atoms with Crippen LogP contribution in [0.25, 0.3) is 0 Å². The second-order valence-corrected chi connectivity index (χ2v) is 7.06. The summed E-state index contributed by atoms with van der Waals surface area (Å²) in [4.78, 5) is 8.97. The van der Waals surface area contributed by atoms with Gasteiger partial charge in [-0.2, -0.15) is 0 Å². The number of anilines is 1. The minimum atomic E-state index is -0.477. The van der Waals surface area contributed by atoms with Crippen molar-refractivity contribution in [2.24, 2.45) is 16.1 Å². The Morgan fingerprint density at radius 1 is 1.37 bits per heavy atom. The maximum absolute atomic E-state index is 13.4. The molecule has 0 amide bonds. The molecule has 1 fully saturated rings. The molecule has 2 aliphatic rings. The van der Waals surface area contributed by atoms with Crippen LogP contribution in [0, 0.1) is 11.7 Å². The van der Waals surface area contributed by atoms with Gasteiger partial charge in [0.05, 0.1) is 23.9 Å². The van der Waals surface area contributed by atoms with Gasteiger partial charge in [0, 0.05) is 42.6 Å². The van der Waals surface area contributed by atoms with E-state index < -0.39 is 5.82 Å². The summed E-state index contributed by atoms with van der Waals surface area (Å²) in [5.74, 6) is 1.57. The zero-order valence-electron chi connectivity index (χ0n) is 14.5. The van der Waals surface area contributed by atoms with E-state index in [2.05, 4.69) is 20.4 Å². The molecule has 4 rings (SSSR count). The lowest BCUT2D eigenvalue weighted by Gasteiger charge is -2.24. The molecule has 0 atom stereocenters. The standard InChI is InChI=1S/C19H18ClFN4O2/c20-15-5-11(1-2-16(15)21)6-17(25-26)13-3-4-22-19-14(13)7-18(24-19)23-8-12-9-27-10-12/h1-5,12,26H,6-10H2,(H,22,23,24)/b25-17+. The molecule has 6 nitrogen and oxygen atoms in total. The fourth-order valence-electron chi connectivity index (χ4n) is 3.15. The van der Waals surface area contributed by atoms with E-state index in [9.17, 15) is 9.60 Å². The topological polar surface area (TPSA) is 79.1 Å². The average molecular weight is 389 g/mol. The van der Waals surface area contributed by atoms with Gasteiger partial charge >= 0.3 is 0 Å². The van der Waals surface area contributed by atoms with Crippen molar-refractivity contribution < 1.29 is 14.3 Å². The largest absolute Gasteiger partial charge is 0.411 e. The third kappa shape index (κ3) is 3.79. The van der Waals surface area contributed by atoms with E-state index in [4.69, 9.17) is 16.3 Å². The molecule has 2 N–H and O–H groups in total. The number of rotatable bonds is 5. The number of aromatic nitrogens is 1. The predicted octanol–water partition coefficient (Wildman–Crippen LogP) is 3.31. The molecule has 8 heteroatoms. The summed E-state index contributed by atoms with van der Waals surface area (Å²) in [5, 5.41) is 16.3. The van der Waals surface area contributed by atoms with Crippen LogP contribution in [-0.4, -0.2) is 41.5 Å². The number of nitrogens with one attached hydrogen (secondary N) is 1. The number of aliphatic imine (C=N–C) groups is 1. The number of nitrogens with zero attached hydrogens (tertiary/aromatic N) is 3.